The molecule has 0 aliphatic carbocycles. The average molecular weight is 405 g/mol. The fraction of sp³-hybridized carbons (Fsp3) is 0.636. The van der Waals surface area contributed by atoms with Crippen molar-refractivity contribution in [3.05, 3.63) is 18.0 Å². The molecule has 116 valence electrons. The van der Waals surface area contributed by atoms with Crippen molar-refractivity contribution in [2.75, 3.05) is 20.1 Å². The van der Waals surface area contributed by atoms with Crippen LogP contribution in [0.5, 0.6) is 0 Å². The van der Waals surface area contributed by atoms with Crippen molar-refractivity contribution in [2.24, 2.45) is 12.0 Å². The molecule has 20 heavy (non-hydrogen) atoms. The second-order valence-corrected chi connectivity index (χ2v) is 4.06. The first-order valence-electron chi connectivity index (χ1n) is 5.89. The third kappa shape index (κ3) is 8.23. The van der Waals surface area contributed by atoms with Gasteiger partial charge in [-0.2, -0.15) is 18.3 Å². The molecule has 0 saturated carbocycles. The molecule has 0 amide bonds. The Kier molecular flexibility index (Phi) is 8.58. The predicted octanol–water partition coefficient (Wildman–Crippen LogP) is 1.70. The summed E-state index contributed by atoms with van der Waals surface area (Å²) in [7, 11) is 3.35. The summed E-state index contributed by atoms with van der Waals surface area (Å²) in [5.41, 5.74) is 1.06. The van der Waals surface area contributed by atoms with E-state index in [1.54, 1.807) is 10.9 Å². The standard InChI is InChI=1S/C11H18F3N5.HI/c1-15-10(17-6-4-11(12,13)14)16-5-3-9-7-18-19(2)8-9;/h7-8H,3-6H2,1-2H3,(H2,15,16,17);1H. The number of aryl methyl sites for hydroxylation is 1. The Balaban J connectivity index is 0.00000361. The normalized spacial score (nSPS) is 11.9. The van der Waals surface area contributed by atoms with Crippen LogP contribution in [-0.2, 0) is 13.5 Å². The molecule has 0 atom stereocenters. The second kappa shape index (κ2) is 9.03. The first-order chi connectivity index (χ1) is 8.90. The molecule has 0 bridgehead atoms. The van der Waals surface area contributed by atoms with Crippen molar-refractivity contribution >= 4 is 29.9 Å². The van der Waals surface area contributed by atoms with Gasteiger partial charge in [-0.15, -0.1) is 24.0 Å². The quantitative estimate of drug-likeness (QED) is 0.446. The third-order valence-corrected chi connectivity index (χ3v) is 2.39. The van der Waals surface area contributed by atoms with Crippen LogP contribution in [0.1, 0.15) is 12.0 Å². The van der Waals surface area contributed by atoms with E-state index in [0.717, 1.165) is 12.0 Å². The van der Waals surface area contributed by atoms with Crippen molar-refractivity contribution in [2.45, 2.75) is 19.0 Å². The van der Waals surface area contributed by atoms with Gasteiger partial charge >= 0.3 is 6.18 Å². The van der Waals surface area contributed by atoms with Gasteiger partial charge in [0, 0.05) is 33.4 Å². The van der Waals surface area contributed by atoms with Gasteiger partial charge in [-0.1, -0.05) is 0 Å². The van der Waals surface area contributed by atoms with Gasteiger partial charge in [0.05, 0.1) is 12.6 Å². The van der Waals surface area contributed by atoms with Gasteiger partial charge in [0.15, 0.2) is 5.96 Å². The molecule has 0 aromatic carbocycles. The van der Waals surface area contributed by atoms with Gasteiger partial charge in [-0.25, -0.2) is 0 Å². The van der Waals surface area contributed by atoms with Crippen LogP contribution in [0.15, 0.2) is 17.4 Å². The molecule has 0 spiro atoms. The van der Waals surface area contributed by atoms with E-state index in [1.165, 1.54) is 7.05 Å². The van der Waals surface area contributed by atoms with E-state index in [4.69, 9.17) is 0 Å². The minimum absolute atomic E-state index is 0. The maximum Gasteiger partial charge on any atom is 0.390 e. The van der Waals surface area contributed by atoms with E-state index in [-0.39, 0.29) is 30.5 Å². The summed E-state index contributed by atoms with van der Waals surface area (Å²) >= 11 is 0. The fourth-order valence-corrected chi connectivity index (χ4v) is 1.47. The zero-order chi connectivity index (χ0) is 14.3. The van der Waals surface area contributed by atoms with E-state index < -0.39 is 12.6 Å². The van der Waals surface area contributed by atoms with Crippen LogP contribution in [0.3, 0.4) is 0 Å². The van der Waals surface area contributed by atoms with E-state index in [9.17, 15) is 13.2 Å². The summed E-state index contributed by atoms with van der Waals surface area (Å²) in [4.78, 5) is 3.85. The Labute approximate surface area is 133 Å². The Bertz CT molecular complexity index is 416. The molecule has 9 heteroatoms. The largest absolute Gasteiger partial charge is 0.390 e. The lowest BCUT2D eigenvalue weighted by atomic mass is 10.2. The molecule has 5 nitrogen and oxygen atoms in total. The number of aromatic nitrogens is 2. The number of rotatable bonds is 5. The summed E-state index contributed by atoms with van der Waals surface area (Å²) in [5, 5.41) is 9.59. The highest BCUT2D eigenvalue weighted by atomic mass is 127. The first-order valence-corrected chi connectivity index (χ1v) is 5.89. The Hall–Kier alpha value is -1.00. The Morgan fingerprint density at radius 1 is 1.35 bits per heavy atom. The van der Waals surface area contributed by atoms with Crippen LogP contribution in [0.2, 0.25) is 0 Å². The van der Waals surface area contributed by atoms with E-state index in [0.29, 0.717) is 12.5 Å². The molecule has 0 aliphatic heterocycles. The SMILES string of the molecule is CN=C(NCCc1cnn(C)c1)NCCC(F)(F)F.I. The molecule has 1 aromatic rings. The Morgan fingerprint density at radius 2 is 2.00 bits per heavy atom. The molecule has 0 aliphatic rings. The molecule has 0 unspecified atom stereocenters. The lowest BCUT2D eigenvalue weighted by molar-refractivity contribution is -0.132. The van der Waals surface area contributed by atoms with Gasteiger partial charge in [0.2, 0.25) is 0 Å². The molecule has 0 saturated heterocycles. The summed E-state index contributed by atoms with van der Waals surface area (Å²) in [6.45, 7) is 0.396. The molecule has 1 rings (SSSR count). The van der Waals surface area contributed by atoms with Crippen molar-refractivity contribution in [1.29, 1.82) is 0 Å². The van der Waals surface area contributed by atoms with Crippen molar-refractivity contribution in [1.82, 2.24) is 20.4 Å². The maximum absolute atomic E-state index is 12.0. The third-order valence-electron chi connectivity index (χ3n) is 2.39. The van der Waals surface area contributed by atoms with E-state index >= 15 is 0 Å². The molecule has 1 heterocycles. The second-order valence-electron chi connectivity index (χ2n) is 4.06. The monoisotopic (exact) mass is 405 g/mol. The van der Waals surface area contributed by atoms with E-state index in [2.05, 4.69) is 20.7 Å². The number of hydrogen-bond acceptors (Lipinski definition) is 2. The number of guanidine groups is 1. The Morgan fingerprint density at radius 3 is 2.50 bits per heavy atom. The minimum Gasteiger partial charge on any atom is -0.356 e. The number of nitrogens with one attached hydrogen (secondary N) is 2. The van der Waals surface area contributed by atoms with Crippen LogP contribution in [-0.4, -0.2) is 42.1 Å². The highest BCUT2D eigenvalue weighted by Gasteiger charge is 2.26. The fourth-order valence-electron chi connectivity index (χ4n) is 1.47. The van der Waals surface area contributed by atoms with Crippen LogP contribution in [0, 0.1) is 0 Å². The van der Waals surface area contributed by atoms with Crippen LogP contribution in [0.25, 0.3) is 0 Å². The van der Waals surface area contributed by atoms with Gasteiger partial charge in [0.1, 0.15) is 0 Å². The number of aliphatic imine (C=N–C) groups is 1. The smallest absolute Gasteiger partial charge is 0.356 e. The summed E-state index contributed by atoms with van der Waals surface area (Å²) in [6.07, 6.45) is -0.658. The first kappa shape index (κ1) is 19.0. The van der Waals surface area contributed by atoms with Crippen LogP contribution < -0.4 is 10.6 Å². The van der Waals surface area contributed by atoms with E-state index in [1.807, 2.05) is 13.2 Å². The number of nitrogens with zero attached hydrogens (tertiary/aromatic N) is 3. The highest BCUT2D eigenvalue weighted by Crippen LogP contribution is 2.17. The molecule has 1 aromatic heterocycles. The van der Waals surface area contributed by atoms with Crippen molar-refractivity contribution < 1.29 is 13.2 Å². The predicted molar refractivity (Wildman–Crippen MR) is 82.4 cm³/mol. The molecule has 2 N–H and O–H groups in total. The zero-order valence-electron chi connectivity index (χ0n) is 11.4. The number of hydrogen-bond donors (Lipinski definition) is 2. The van der Waals surface area contributed by atoms with Gasteiger partial charge in [-0.05, 0) is 12.0 Å². The van der Waals surface area contributed by atoms with Gasteiger partial charge in [0.25, 0.3) is 0 Å². The average Bonchev–Trinajstić information content (AvgIpc) is 2.71. The van der Waals surface area contributed by atoms with Crippen LogP contribution >= 0.6 is 24.0 Å². The zero-order valence-corrected chi connectivity index (χ0v) is 13.7. The molecular weight excluding hydrogens is 386 g/mol. The minimum atomic E-state index is -4.15. The molecule has 0 radical (unpaired) electrons. The molecule has 0 fully saturated rings. The van der Waals surface area contributed by atoms with Crippen LogP contribution in [0.4, 0.5) is 13.2 Å². The highest BCUT2D eigenvalue weighted by molar-refractivity contribution is 14.0. The van der Waals surface area contributed by atoms with Gasteiger partial charge < -0.3 is 10.6 Å². The molecular formula is C11H19F3IN5. The topological polar surface area (TPSA) is 54.2 Å². The van der Waals surface area contributed by atoms with Gasteiger partial charge in [-0.3, -0.25) is 9.67 Å². The number of halogens is 4. The lowest BCUT2D eigenvalue weighted by Gasteiger charge is -2.12. The van der Waals surface area contributed by atoms with Crippen molar-refractivity contribution in [3.63, 3.8) is 0 Å². The summed E-state index contributed by atoms with van der Waals surface area (Å²) in [5.74, 6) is 0.369. The summed E-state index contributed by atoms with van der Waals surface area (Å²) < 4.78 is 37.6. The lowest BCUT2D eigenvalue weighted by Crippen LogP contribution is -2.39. The maximum atomic E-state index is 12.0. The summed E-state index contributed by atoms with van der Waals surface area (Å²) in [6, 6.07) is 0. The van der Waals surface area contributed by atoms with Crippen molar-refractivity contribution in [3.8, 4) is 0 Å². The number of alkyl halides is 3.